The van der Waals surface area contributed by atoms with Crippen molar-refractivity contribution in [2.75, 3.05) is 32.1 Å². The first-order valence-corrected chi connectivity index (χ1v) is 14.1. The van der Waals surface area contributed by atoms with Crippen LogP contribution in [0.25, 0.3) is 11.1 Å². The van der Waals surface area contributed by atoms with Gasteiger partial charge >= 0.3 is 0 Å². The third-order valence-electron chi connectivity index (χ3n) is 7.57. The number of allylic oxidation sites excluding steroid dienone is 8. The van der Waals surface area contributed by atoms with Crippen LogP contribution >= 0.6 is 0 Å². The molecule has 1 N–H and O–H groups in total. The number of anilines is 1. The van der Waals surface area contributed by atoms with Crippen molar-refractivity contribution in [2.24, 2.45) is 5.92 Å². The maximum absolute atomic E-state index is 5.40. The third-order valence-corrected chi connectivity index (χ3v) is 7.57. The number of methoxy groups -OCH3 is 1. The van der Waals surface area contributed by atoms with Crippen molar-refractivity contribution in [3.63, 3.8) is 0 Å². The van der Waals surface area contributed by atoms with Crippen LogP contribution in [0.15, 0.2) is 85.3 Å². The molecule has 3 aliphatic rings. The summed E-state index contributed by atoms with van der Waals surface area (Å²) in [4.78, 5) is 11.8. The van der Waals surface area contributed by atoms with E-state index in [2.05, 4.69) is 51.4 Å². The van der Waals surface area contributed by atoms with Crippen molar-refractivity contribution in [2.45, 2.75) is 57.5 Å². The second-order valence-corrected chi connectivity index (χ2v) is 10.5. The molecule has 1 saturated heterocycles. The molecule has 0 amide bonds. The molecule has 0 unspecified atom stereocenters. The number of nitrogens with zero attached hydrogens (tertiary/aromatic N) is 3. The standard InChI is InChI=1S/C24H34N4O.C9H9.H2/c1-18-5-9-20(10-6-18)21-14-25-24(26-15-21)27-22-11-7-19(8-12-22)16-28-13-3-4-23(28)17-29-2;1-2-4-6-8-9-7-5-3-1;/h5-6,9-10,14-15,19,22-23H,3-4,7-8,11-13,16-17H2,1-2H3,(H,25,26,27);1-9H;1H/b;2-1-,5-3-,6-4-,9-7-;/t19?,22?,23-;;/m1../s1. The van der Waals surface area contributed by atoms with Gasteiger partial charge in [-0.25, -0.2) is 9.97 Å². The Morgan fingerprint density at radius 2 is 1.47 bits per heavy atom. The Bertz CT molecular complexity index is 1050. The van der Waals surface area contributed by atoms with Gasteiger partial charge in [0.05, 0.1) is 6.61 Å². The Labute approximate surface area is 230 Å². The fraction of sp³-hybridized carbons (Fsp3) is 0.424. The monoisotopic (exact) mass is 513 g/mol. The first-order valence-electron chi connectivity index (χ1n) is 14.1. The number of aromatic nitrogens is 2. The highest BCUT2D eigenvalue weighted by atomic mass is 16.5. The molecule has 38 heavy (non-hydrogen) atoms. The summed E-state index contributed by atoms with van der Waals surface area (Å²) in [6.07, 6.45) is 29.4. The van der Waals surface area contributed by atoms with Gasteiger partial charge in [-0.15, -0.1) is 0 Å². The van der Waals surface area contributed by atoms with E-state index in [1.165, 1.54) is 57.2 Å². The van der Waals surface area contributed by atoms with E-state index in [0.29, 0.717) is 12.1 Å². The zero-order chi connectivity index (χ0) is 26.4. The molecule has 2 heterocycles. The van der Waals surface area contributed by atoms with Gasteiger partial charge in [0.2, 0.25) is 5.95 Å². The average molecular weight is 514 g/mol. The molecular weight excluding hydrogens is 468 g/mol. The highest BCUT2D eigenvalue weighted by Crippen LogP contribution is 2.29. The quantitative estimate of drug-likeness (QED) is 0.424. The maximum atomic E-state index is 5.40. The number of hydrogen-bond donors (Lipinski definition) is 1. The van der Waals surface area contributed by atoms with E-state index in [-0.39, 0.29) is 1.43 Å². The molecule has 1 saturated carbocycles. The second-order valence-electron chi connectivity index (χ2n) is 10.5. The number of aryl methyl sites for hydroxylation is 1. The van der Waals surface area contributed by atoms with Crippen molar-refractivity contribution in [1.82, 2.24) is 14.9 Å². The molecule has 0 spiro atoms. The minimum absolute atomic E-state index is 0. The normalized spacial score (nSPS) is 26.6. The topological polar surface area (TPSA) is 50.3 Å². The molecule has 2 aromatic rings. The Morgan fingerprint density at radius 1 is 0.842 bits per heavy atom. The summed E-state index contributed by atoms with van der Waals surface area (Å²) >= 11 is 0. The molecule has 2 aliphatic carbocycles. The molecule has 5 nitrogen and oxygen atoms in total. The molecule has 5 heteroatoms. The zero-order valence-corrected chi connectivity index (χ0v) is 23.0. The van der Waals surface area contributed by atoms with Crippen LogP contribution in [-0.4, -0.2) is 53.8 Å². The van der Waals surface area contributed by atoms with Crippen molar-refractivity contribution in [3.05, 3.63) is 97.3 Å². The smallest absolute Gasteiger partial charge is 0.222 e. The lowest BCUT2D eigenvalue weighted by Crippen LogP contribution is -2.38. The number of benzene rings is 1. The molecule has 1 atom stereocenters. The number of hydrogen-bond acceptors (Lipinski definition) is 5. The maximum Gasteiger partial charge on any atom is 0.222 e. The van der Waals surface area contributed by atoms with Crippen LogP contribution in [-0.2, 0) is 4.74 Å². The largest absolute Gasteiger partial charge is 0.383 e. The van der Waals surface area contributed by atoms with Crippen LogP contribution < -0.4 is 5.32 Å². The lowest BCUT2D eigenvalue weighted by atomic mass is 9.85. The van der Waals surface area contributed by atoms with E-state index in [9.17, 15) is 0 Å². The molecule has 1 aromatic carbocycles. The fourth-order valence-corrected chi connectivity index (χ4v) is 5.40. The minimum Gasteiger partial charge on any atom is -0.383 e. The number of likely N-dealkylation sites (tertiary alicyclic amines) is 1. The molecule has 1 aromatic heterocycles. The lowest BCUT2D eigenvalue weighted by molar-refractivity contribution is 0.0992. The van der Waals surface area contributed by atoms with Crippen LogP contribution in [0.5, 0.6) is 0 Å². The summed E-state index contributed by atoms with van der Waals surface area (Å²) in [6.45, 7) is 5.47. The van der Waals surface area contributed by atoms with Crippen molar-refractivity contribution in [3.8, 4) is 11.1 Å². The summed E-state index contributed by atoms with van der Waals surface area (Å²) in [6, 6.07) is 9.63. The Balaban J connectivity index is 0.000000359. The Hall–Kier alpha value is -3.02. The van der Waals surface area contributed by atoms with Crippen LogP contribution in [0.2, 0.25) is 0 Å². The van der Waals surface area contributed by atoms with Gasteiger partial charge in [0.25, 0.3) is 0 Å². The number of nitrogens with one attached hydrogen (secondary N) is 1. The molecule has 0 bridgehead atoms. The minimum atomic E-state index is 0. The predicted molar refractivity (Wildman–Crippen MR) is 161 cm³/mol. The van der Waals surface area contributed by atoms with Crippen molar-refractivity contribution in [1.29, 1.82) is 0 Å². The van der Waals surface area contributed by atoms with Crippen molar-refractivity contribution >= 4 is 5.95 Å². The summed E-state index contributed by atoms with van der Waals surface area (Å²) in [5, 5.41) is 3.56. The highest BCUT2D eigenvalue weighted by molar-refractivity contribution is 5.62. The van der Waals surface area contributed by atoms with Gasteiger partial charge in [-0.3, -0.25) is 4.90 Å². The van der Waals surface area contributed by atoms with E-state index in [0.717, 1.165) is 29.6 Å². The van der Waals surface area contributed by atoms with Gasteiger partial charge in [0.15, 0.2) is 0 Å². The van der Waals surface area contributed by atoms with E-state index in [4.69, 9.17) is 4.74 Å². The van der Waals surface area contributed by atoms with Crippen LogP contribution in [0, 0.1) is 19.3 Å². The van der Waals surface area contributed by atoms with Crippen LogP contribution in [0.4, 0.5) is 5.95 Å². The third kappa shape index (κ3) is 9.07. The summed E-state index contributed by atoms with van der Waals surface area (Å²) in [7, 11) is 1.82. The fourth-order valence-electron chi connectivity index (χ4n) is 5.40. The van der Waals surface area contributed by atoms with Crippen LogP contribution in [0.1, 0.15) is 45.5 Å². The first-order chi connectivity index (χ1) is 18.7. The van der Waals surface area contributed by atoms with E-state index < -0.39 is 0 Å². The molecule has 203 valence electrons. The van der Waals surface area contributed by atoms with Gasteiger partial charge in [0.1, 0.15) is 0 Å². The zero-order valence-electron chi connectivity index (χ0n) is 23.0. The molecule has 1 radical (unpaired) electrons. The first kappa shape index (κ1) is 28.0. The highest BCUT2D eigenvalue weighted by Gasteiger charge is 2.29. The number of ether oxygens (including phenoxy) is 1. The predicted octanol–water partition coefficient (Wildman–Crippen LogP) is 7.21. The van der Waals surface area contributed by atoms with Gasteiger partial charge in [-0.1, -0.05) is 78.4 Å². The number of rotatable bonds is 7. The lowest BCUT2D eigenvalue weighted by Gasteiger charge is -2.33. The molecular formula is C33H45N4O. The Morgan fingerprint density at radius 3 is 2.11 bits per heavy atom. The van der Waals surface area contributed by atoms with E-state index in [1.807, 2.05) is 74.5 Å². The van der Waals surface area contributed by atoms with Crippen LogP contribution in [0.3, 0.4) is 0 Å². The van der Waals surface area contributed by atoms with E-state index in [1.54, 1.807) is 0 Å². The SMILES string of the molecule is COC[C@H]1CCCN1CC1CCC(Nc2ncc(-c3ccc(C)cc3)cn2)CC1.[CH]1\C=C/C=C\C=C/C=C\1.[HH]. The molecule has 2 fully saturated rings. The summed E-state index contributed by atoms with van der Waals surface area (Å²) < 4.78 is 5.40. The van der Waals surface area contributed by atoms with Crippen molar-refractivity contribution < 1.29 is 6.16 Å². The molecule has 5 rings (SSSR count). The second kappa shape index (κ2) is 15.4. The van der Waals surface area contributed by atoms with Gasteiger partial charge in [0, 0.05) is 51.5 Å². The summed E-state index contributed by atoms with van der Waals surface area (Å²) in [5.74, 6) is 1.57. The van der Waals surface area contributed by atoms with Gasteiger partial charge < -0.3 is 10.1 Å². The van der Waals surface area contributed by atoms with E-state index >= 15 is 0 Å². The van der Waals surface area contributed by atoms with Gasteiger partial charge in [-0.2, -0.15) is 0 Å². The summed E-state index contributed by atoms with van der Waals surface area (Å²) in [5.41, 5.74) is 3.49. The molecule has 1 aliphatic heterocycles. The average Bonchev–Trinajstić information content (AvgIpc) is 3.44. The van der Waals surface area contributed by atoms with Gasteiger partial charge in [-0.05, 0) is 63.5 Å². The Kier molecular flexibility index (Phi) is 11.4.